The molecule has 2 heterocycles. The third kappa shape index (κ3) is 5.32. The van der Waals surface area contributed by atoms with Crippen molar-refractivity contribution in [2.75, 3.05) is 16.8 Å². The molecule has 1 aliphatic rings. The number of sulfone groups is 1. The topological polar surface area (TPSA) is 108 Å². The Labute approximate surface area is 226 Å². The summed E-state index contributed by atoms with van der Waals surface area (Å²) in [6.07, 6.45) is 1.39. The van der Waals surface area contributed by atoms with Crippen molar-refractivity contribution in [1.29, 1.82) is 0 Å². The van der Waals surface area contributed by atoms with Crippen LogP contribution in [0.25, 0.3) is 0 Å². The minimum atomic E-state index is -5.58. The smallest absolute Gasteiger partial charge is 0.310 e. The van der Waals surface area contributed by atoms with Gasteiger partial charge in [-0.3, -0.25) is 14.6 Å². The third-order valence-corrected chi connectivity index (χ3v) is 7.86. The predicted octanol–water partition coefficient (Wildman–Crippen LogP) is 4.66. The maximum Gasteiger partial charge on any atom is 0.501 e. The van der Waals surface area contributed by atoms with Gasteiger partial charge in [-0.05, 0) is 73.2 Å². The van der Waals surface area contributed by atoms with Crippen LogP contribution in [0.2, 0.25) is 5.02 Å². The summed E-state index contributed by atoms with van der Waals surface area (Å²) in [5.41, 5.74) is -4.41. The minimum absolute atomic E-state index is 0.0732. The summed E-state index contributed by atoms with van der Waals surface area (Å²) < 4.78 is 61.7. The number of hydrogen-bond donors (Lipinski definition) is 0. The van der Waals surface area contributed by atoms with Gasteiger partial charge in [0, 0.05) is 30.5 Å². The number of rotatable bonds is 6. The molecule has 0 aliphatic carbocycles. The van der Waals surface area contributed by atoms with Gasteiger partial charge in [-0.1, -0.05) is 11.6 Å². The standard InChI is InChI=1S/C25H20ClF3N4O5S/c1-15-22(34)33(19-7-9-20(10-8-19)39(37,38)25(27,28)29)24(36)32(15)14-16-11-12-30-21(13-16)23(35)31(2)18-5-3-17(26)4-6-18/h3-13,15H,14H2,1-2H3. The van der Waals surface area contributed by atoms with Gasteiger partial charge in [-0.15, -0.1) is 0 Å². The lowest BCUT2D eigenvalue weighted by molar-refractivity contribution is -0.119. The van der Waals surface area contributed by atoms with Crippen molar-refractivity contribution < 1.29 is 36.0 Å². The van der Waals surface area contributed by atoms with E-state index in [2.05, 4.69) is 4.98 Å². The second-order valence-corrected chi connectivity index (χ2v) is 11.0. The number of urea groups is 1. The summed E-state index contributed by atoms with van der Waals surface area (Å²) in [6, 6.07) is 11.2. The van der Waals surface area contributed by atoms with Gasteiger partial charge in [0.25, 0.3) is 21.7 Å². The van der Waals surface area contributed by atoms with Crippen LogP contribution in [0.5, 0.6) is 0 Å². The molecule has 9 nitrogen and oxygen atoms in total. The first-order valence-electron chi connectivity index (χ1n) is 11.3. The lowest BCUT2D eigenvalue weighted by atomic mass is 10.2. The number of carbonyl (C=O) groups is 3. The number of aromatic nitrogens is 1. The van der Waals surface area contributed by atoms with Crippen LogP contribution in [0, 0.1) is 0 Å². The van der Waals surface area contributed by atoms with E-state index in [4.69, 9.17) is 11.6 Å². The van der Waals surface area contributed by atoms with E-state index >= 15 is 0 Å². The van der Waals surface area contributed by atoms with Gasteiger partial charge in [-0.25, -0.2) is 18.1 Å². The molecule has 14 heteroatoms. The van der Waals surface area contributed by atoms with Crippen molar-refractivity contribution in [1.82, 2.24) is 9.88 Å². The van der Waals surface area contributed by atoms with Crippen LogP contribution < -0.4 is 9.80 Å². The van der Waals surface area contributed by atoms with Gasteiger partial charge in [0.15, 0.2) is 0 Å². The van der Waals surface area contributed by atoms with Gasteiger partial charge in [0.05, 0.1) is 10.6 Å². The van der Waals surface area contributed by atoms with Gasteiger partial charge < -0.3 is 9.80 Å². The van der Waals surface area contributed by atoms with Crippen molar-refractivity contribution in [2.24, 2.45) is 0 Å². The van der Waals surface area contributed by atoms with E-state index in [9.17, 15) is 36.0 Å². The molecule has 204 valence electrons. The normalized spacial score (nSPS) is 16.1. The number of benzene rings is 2. The highest BCUT2D eigenvalue weighted by Crippen LogP contribution is 2.33. The highest BCUT2D eigenvalue weighted by molar-refractivity contribution is 7.92. The number of carbonyl (C=O) groups excluding carboxylic acids is 3. The quantitative estimate of drug-likeness (QED) is 0.392. The van der Waals surface area contributed by atoms with Crippen LogP contribution in [0.15, 0.2) is 71.8 Å². The van der Waals surface area contributed by atoms with Crippen LogP contribution in [0.3, 0.4) is 0 Å². The number of halogens is 4. The Morgan fingerprint density at radius 2 is 1.67 bits per heavy atom. The molecule has 2 aromatic carbocycles. The summed E-state index contributed by atoms with van der Waals surface area (Å²) in [6.45, 7) is 1.40. The van der Waals surface area contributed by atoms with Crippen LogP contribution >= 0.6 is 11.6 Å². The van der Waals surface area contributed by atoms with E-state index in [0.717, 1.165) is 17.0 Å². The van der Waals surface area contributed by atoms with Gasteiger partial charge in [0.2, 0.25) is 0 Å². The number of hydrogen-bond acceptors (Lipinski definition) is 6. The minimum Gasteiger partial charge on any atom is -0.310 e. The van der Waals surface area contributed by atoms with Crippen molar-refractivity contribution in [3.63, 3.8) is 0 Å². The molecular formula is C25H20ClF3N4O5S. The maximum absolute atomic E-state index is 13.1. The average Bonchev–Trinajstić information content (AvgIpc) is 3.10. The number of anilines is 2. The Bertz CT molecular complexity index is 1550. The fourth-order valence-electron chi connectivity index (χ4n) is 3.90. The van der Waals surface area contributed by atoms with E-state index in [-0.39, 0.29) is 17.9 Å². The first-order chi connectivity index (χ1) is 18.2. The number of nitrogens with zero attached hydrogens (tertiary/aromatic N) is 4. The summed E-state index contributed by atoms with van der Waals surface area (Å²) in [5.74, 6) is -1.08. The number of amides is 4. The second-order valence-electron chi connectivity index (χ2n) is 8.59. The Morgan fingerprint density at radius 3 is 2.26 bits per heavy atom. The molecule has 3 aromatic rings. The molecule has 0 N–H and O–H groups in total. The van der Waals surface area contributed by atoms with Gasteiger partial charge in [0.1, 0.15) is 11.7 Å². The zero-order valence-corrected chi connectivity index (χ0v) is 22.0. The monoisotopic (exact) mass is 580 g/mol. The Balaban J connectivity index is 1.53. The van der Waals surface area contributed by atoms with Crippen molar-refractivity contribution in [3.8, 4) is 0 Å². The molecule has 1 fully saturated rings. The van der Waals surface area contributed by atoms with E-state index < -0.39 is 44.1 Å². The SMILES string of the molecule is CC1C(=O)N(c2ccc(S(=O)(=O)C(F)(F)F)cc2)C(=O)N1Cc1ccnc(C(=O)N(C)c2ccc(Cl)cc2)c1. The summed E-state index contributed by atoms with van der Waals surface area (Å²) >= 11 is 5.90. The van der Waals surface area contributed by atoms with E-state index in [1.54, 1.807) is 37.4 Å². The largest absolute Gasteiger partial charge is 0.501 e. The number of alkyl halides is 3. The van der Waals surface area contributed by atoms with Crippen molar-refractivity contribution in [2.45, 2.75) is 29.9 Å². The molecule has 1 saturated heterocycles. The summed E-state index contributed by atoms with van der Waals surface area (Å²) in [5, 5.41) is 0.509. The van der Waals surface area contributed by atoms with E-state index in [1.807, 2.05) is 0 Å². The van der Waals surface area contributed by atoms with Crippen LogP contribution in [-0.4, -0.2) is 54.7 Å². The molecule has 1 atom stereocenters. The molecule has 1 unspecified atom stereocenters. The van der Waals surface area contributed by atoms with E-state index in [0.29, 0.717) is 28.4 Å². The second kappa shape index (κ2) is 10.3. The molecule has 0 bridgehead atoms. The maximum atomic E-state index is 13.1. The van der Waals surface area contributed by atoms with Crippen LogP contribution in [-0.2, 0) is 21.2 Å². The van der Waals surface area contributed by atoms with Crippen molar-refractivity contribution in [3.05, 3.63) is 83.1 Å². The summed E-state index contributed by atoms with van der Waals surface area (Å²) in [7, 11) is -4.02. The lowest BCUT2D eigenvalue weighted by Gasteiger charge is -2.20. The molecule has 1 aromatic heterocycles. The zero-order valence-electron chi connectivity index (χ0n) is 20.4. The molecular weight excluding hydrogens is 561 g/mol. The average molecular weight is 581 g/mol. The fourth-order valence-corrected chi connectivity index (χ4v) is 4.79. The predicted molar refractivity (Wildman–Crippen MR) is 136 cm³/mol. The molecule has 0 saturated carbocycles. The number of imide groups is 1. The molecule has 0 spiro atoms. The highest BCUT2D eigenvalue weighted by atomic mass is 35.5. The first kappa shape index (κ1) is 28.0. The molecule has 39 heavy (non-hydrogen) atoms. The van der Waals surface area contributed by atoms with Crippen LogP contribution in [0.1, 0.15) is 23.0 Å². The highest BCUT2D eigenvalue weighted by Gasteiger charge is 2.47. The van der Waals surface area contributed by atoms with Gasteiger partial charge in [-0.2, -0.15) is 13.2 Å². The zero-order chi connectivity index (χ0) is 28.7. The Kier molecular flexibility index (Phi) is 7.41. The molecule has 0 radical (unpaired) electrons. The summed E-state index contributed by atoms with van der Waals surface area (Å²) in [4.78, 5) is 45.5. The van der Waals surface area contributed by atoms with Crippen molar-refractivity contribution >= 4 is 50.7 Å². The Morgan fingerprint density at radius 1 is 1.05 bits per heavy atom. The third-order valence-electron chi connectivity index (χ3n) is 6.11. The molecule has 1 aliphatic heterocycles. The Hall–Kier alpha value is -3.97. The van der Waals surface area contributed by atoms with Crippen LogP contribution in [0.4, 0.5) is 29.3 Å². The molecule has 4 amide bonds. The van der Waals surface area contributed by atoms with Gasteiger partial charge >= 0.3 is 11.5 Å². The fraction of sp³-hybridized carbons (Fsp3) is 0.200. The lowest BCUT2D eigenvalue weighted by Crippen LogP contribution is -2.33. The molecule has 4 rings (SSSR count). The van der Waals surface area contributed by atoms with E-state index in [1.165, 1.54) is 29.0 Å². The first-order valence-corrected chi connectivity index (χ1v) is 13.1. The number of pyridine rings is 1.